The molecule has 3 aromatic rings. The van der Waals surface area contributed by atoms with Gasteiger partial charge in [0.1, 0.15) is 17.0 Å². The van der Waals surface area contributed by atoms with Gasteiger partial charge in [-0.15, -0.1) is 0 Å². The Labute approximate surface area is 265 Å². The molecule has 246 valence electrons. The Morgan fingerprint density at radius 3 is 2.20 bits per heavy atom. The number of benzene rings is 1. The molecule has 1 aromatic carbocycles. The zero-order valence-corrected chi connectivity index (χ0v) is 26.9. The van der Waals surface area contributed by atoms with Gasteiger partial charge in [0.25, 0.3) is 0 Å². The average molecular weight is 639 g/mol. The Morgan fingerprint density at radius 2 is 1.59 bits per heavy atom. The number of anilines is 3. The molecule has 0 unspecified atom stereocenters. The zero-order valence-electron chi connectivity index (χ0n) is 26.9. The van der Waals surface area contributed by atoms with Gasteiger partial charge in [0.05, 0.1) is 17.6 Å². The quantitative estimate of drug-likeness (QED) is 0.220. The lowest BCUT2D eigenvalue weighted by Gasteiger charge is -2.25. The number of carbonyl (C=O) groups is 4. The molecule has 0 aliphatic heterocycles. The maximum atomic E-state index is 16.4. The van der Waals surface area contributed by atoms with E-state index in [0.717, 1.165) is 31.9 Å². The van der Waals surface area contributed by atoms with Crippen molar-refractivity contribution in [1.82, 2.24) is 15.3 Å². The first-order chi connectivity index (χ1) is 21.4. The predicted molar refractivity (Wildman–Crippen MR) is 171 cm³/mol. The number of pyridine rings is 2. The van der Waals surface area contributed by atoms with Gasteiger partial charge in [-0.25, -0.2) is 28.6 Å². The lowest BCUT2D eigenvalue weighted by atomic mass is 9.97. The summed E-state index contributed by atoms with van der Waals surface area (Å²) in [6.45, 7) is 11.3. The smallest absolute Gasteiger partial charge is 0.424 e. The van der Waals surface area contributed by atoms with Crippen molar-refractivity contribution in [2.45, 2.75) is 91.4 Å². The van der Waals surface area contributed by atoms with Crippen LogP contribution < -0.4 is 20.9 Å². The van der Waals surface area contributed by atoms with E-state index < -0.39 is 41.3 Å². The minimum atomic E-state index is -1.62. The molecule has 0 radical (unpaired) electrons. The Morgan fingerprint density at radius 1 is 0.935 bits per heavy atom. The number of urea groups is 1. The van der Waals surface area contributed by atoms with Gasteiger partial charge in [0, 0.05) is 34.9 Å². The first kappa shape index (κ1) is 33.9. The topological polar surface area (TPSA) is 172 Å². The molecular formula is C32H39FN6O7. The zero-order chi connectivity index (χ0) is 34.0. The van der Waals surface area contributed by atoms with Crippen molar-refractivity contribution >= 4 is 52.3 Å². The van der Waals surface area contributed by atoms with Gasteiger partial charge in [-0.3, -0.25) is 15.6 Å². The predicted octanol–water partition coefficient (Wildman–Crippen LogP) is 7.57. The summed E-state index contributed by atoms with van der Waals surface area (Å²) in [7, 11) is 0. The van der Waals surface area contributed by atoms with Gasteiger partial charge in [0.15, 0.2) is 5.82 Å². The lowest BCUT2D eigenvalue weighted by Crippen LogP contribution is -2.40. The molecule has 1 aliphatic rings. The van der Waals surface area contributed by atoms with Crippen LogP contribution in [-0.4, -0.2) is 56.6 Å². The van der Waals surface area contributed by atoms with E-state index in [4.69, 9.17) is 9.47 Å². The summed E-state index contributed by atoms with van der Waals surface area (Å²) in [4.78, 5) is 59.3. The number of ether oxygens (including phenoxy) is 2. The molecule has 4 N–H and O–H groups in total. The van der Waals surface area contributed by atoms with Gasteiger partial charge in [-0.05, 0) is 84.4 Å². The van der Waals surface area contributed by atoms with Crippen molar-refractivity contribution in [2.24, 2.45) is 0 Å². The van der Waals surface area contributed by atoms with Gasteiger partial charge in [-0.1, -0.05) is 12.8 Å². The average Bonchev–Trinajstić information content (AvgIpc) is 3.42. The van der Waals surface area contributed by atoms with Crippen molar-refractivity contribution in [2.75, 3.05) is 15.5 Å². The Bertz CT molecular complexity index is 1680. The van der Waals surface area contributed by atoms with E-state index in [1.165, 1.54) is 31.5 Å². The number of nitrogens with one attached hydrogen (secondary N) is 3. The number of hydrogen-bond acceptors (Lipinski definition) is 8. The second-order valence-electron chi connectivity index (χ2n) is 13.0. The summed E-state index contributed by atoms with van der Waals surface area (Å²) in [6.07, 6.45) is 3.93. The third kappa shape index (κ3) is 8.17. The molecule has 0 spiro atoms. The molecule has 5 amide bonds. The SMILES string of the molecule is Cc1c(-c2cc3cc(NC(=O)NC4CCCC4)ncc3c(NC(=O)OC(C)(C)C)c2F)cncc1N(C(=O)O)C(=O)OC(C)(C)C. The van der Waals surface area contributed by atoms with Gasteiger partial charge >= 0.3 is 24.3 Å². The fourth-order valence-electron chi connectivity index (χ4n) is 5.07. The van der Waals surface area contributed by atoms with E-state index in [1.54, 1.807) is 41.5 Å². The van der Waals surface area contributed by atoms with Crippen LogP contribution in [0.3, 0.4) is 0 Å². The van der Waals surface area contributed by atoms with Crippen LogP contribution in [0.2, 0.25) is 0 Å². The highest BCUT2D eigenvalue weighted by molar-refractivity contribution is 6.10. The Kier molecular flexibility index (Phi) is 9.68. The molecule has 46 heavy (non-hydrogen) atoms. The standard InChI is InChI=1S/C32H39FN6O7/c1-17-21(14-34-16-23(17)39(29(42)43)30(44)46-32(5,6)7)20-12-18-13-24(37-27(40)36-19-10-8-9-11-19)35-15-22(18)26(25(20)33)38-28(41)45-31(2,3)4/h12-16,19H,8-11H2,1-7H3,(H,38,41)(H,42,43)(H2,35,36,37,40). The number of imide groups is 1. The van der Waals surface area contributed by atoms with Crippen LogP contribution in [0.1, 0.15) is 72.8 Å². The number of halogens is 1. The van der Waals surface area contributed by atoms with Crippen LogP contribution in [0.4, 0.5) is 40.8 Å². The first-order valence-electron chi connectivity index (χ1n) is 14.8. The molecule has 0 saturated heterocycles. The summed E-state index contributed by atoms with van der Waals surface area (Å²) in [5.74, 6) is -0.713. The van der Waals surface area contributed by atoms with E-state index >= 15 is 4.39 Å². The molecule has 13 nitrogen and oxygen atoms in total. The number of aromatic nitrogens is 2. The number of amides is 5. The van der Waals surface area contributed by atoms with Crippen molar-refractivity contribution in [3.8, 4) is 11.1 Å². The molecule has 0 atom stereocenters. The third-order valence-corrected chi connectivity index (χ3v) is 7.01. The molecule has 1 aliphatic carbocycles. The van der Waals surface area contributed by atoms with Crippen molar-refractivity contribution < 1.29 is 38.1 Å². The Hall–Kier alpha value is -5.01. The fourth-order valence-corrected chi connectivity index (χ4v) is 5.07. The Balaban J connectivity index is 1.83. The maximum absolute atomic E-state index is 16.4. The molecular weight excluding hydrogens is 599 g/mol. The van der Waals surface area contributed by atoms with Crippen molar-refractivity contribution in [3.63, 3.8) is 0 Å². The normalized spacial score (nSPS) is 13.7. The molecule has 0 bridgehead atoms. The molecule has 4 rings (SSSR count). The molecule has 14 heteroatoms. The highest BCUT2D eigenvalue weighted by atomic mass is 19.1. The first-order valence-corrected chi connectivity index (χ1v) is 14.8. The number of hydrogen-bond donors (Lipinski definition) is 4. The monoisotopic (exact) mass is 638 g/mol. The molecule has 1 fully saturated rings. The van der Waals surface area contributed by atoms with E-state index in [1.807, 2.05) is 0 Å². The van der Waals surface area contributed by atoms with Gasteiger partial charge < -0.3 is 19.9 Å². The van der Waals surface area contributed by atoms with E-state index in [2.05, 4.69) is 25.9 Å². The lowest BCUT2D eigenvalue weighted by molar-refractivity contribution is 0.0579. The van der Waals surface area contributed by atoms with Crippen LogP contribution in [0.15, 0.2) is 30.7 Å². The number of fused-ring (bicyclic) bond motifs is 1. The van der Waals surface area contributed by atoms with Gasteiger partial charge in [-0.2, -0.15) is 4.90 Å². The van der Waals surface area contributed by atoms with Gasteiger partial charge in [0.2, 0.25) is 0 Å². The third-order valence-electron chi connectivity index (χ3n) is 7.01. The number of carboxylic acid groups (broad SMARTS) is 1. The summed E-state index contributed by atoms with van der Waals surface area (Å²) in [6, 6.07) is 2.61. The largest absolute Gasteiger partial charge is 0.464 e. The van der Waals surface area contributed by atoms with Crippen LogP contribution in [0.25, 0.3) is 21.9 Å². The van der Waals surface area contributed by atoms with E-state index in [0.29, 0.717) is 10.3 Å². The molecule has 2 aromatic heterocycles. The second-order valence-corrected chi connectivity index (χ2v) is 13.0. The van der Waals surface area contributed by atoms with Crippen LogP contribution in [0, 0.1) is 12.7 Å². The fraction of sp³-hybridized carbons (Fsp3) is 0.438. The van der Waals surface area contributed by atoms with Crippen molar-refractivity contribution in [1.29, 1.82) is 0 Å². The summed E-state index contributed by atoms with van der Waals surface area (Å²) < 4.78 is 27.1. The number of rotatable bonds is 5. The summed E-state index contributed by atoms with van der Waals surface area (Å²) >= 11 is 0. The maximum Gasteiger partial charge on any atom is 0.424 e. The van der Waals surface area contributed by atoms with Crippen LogP contribution in [-0.2, 0) is 9.47 Å². The summed E-state index contributed by atoms with van der Waals surface area (Å²) in [5.41, 5.74) is -2.05. The summed E-state index contributed by atoms with van der Waals surface area (Å²) in [5, 5.41) is 18.6. The van der Waals surface area contributed by atoms with E-state index in [9.17, 15) is 24.3 Å². The number of carbonyl (C=O) groups excluding carboxylic acids is 3. The van der Waals surface area contributed by atoms with E-state index in [-0.39, 0.29) is 45.3 Å². The molecule has 1 saturated carbocycles. The molecule has 2 heterocycles. The minimum Gasteiger partial charge on any atom is -0.464 e. The highest BCUT2D eigenvalue weighted by Crippen LogP contribution is 2.39. The van der Waals surface area contributed by atoms with Crippen LogP contribution >= 0.6 is 0 Å². The van der Waals surface area contributed by atoms with Crippen molar-refractivity contribution in [3.05, 3.63) is 42.1 Å². The van der Waals surface area contributed by atoms with Crippen LogP contribution in [0.5, 0.6) is 0 Å². The highest BCUT2D eigenvalue weighted by Gasteiger charge is 2.31. The minimum absolute atomic E-state index is 0.0691. The second kappa shape index (κ2) is 13.2. The number of nitrogens with zero attached hydrogens (tertiary/aromatic N) is 3.